The van der Waals surface area contributed by atoms with Crippen LogP contribution in [0.15, 0.2) is 70.6 Å². The normalized spacial score (nSPS) is 12.0. The minimum Gasteiger partial charge on any atom is -0.383 e. The van der Waals surface area contributed by atoms with Crippen molar-refractivity contribution < 1.29 is 9.53 Å². The van der Waals surface area contributed by atoms with E-state index in [2.05, 4.69) is 11.1 Å². The lowest BCUT2D eigenvalue weighted by Gasteiger charge is -2.13. The Balaban J connectivity index is 1.99. The first-order valence-corrected chi connectivity index (χ1v) is 10.3. The number of carbonyl (C=O) groups is 1. The van der Waals surface area contributed by atoms with Crippen molar-refractivity contribution in [2.75, 3.05) is 13.7 Å². The van der Waals surface area contributed by atoms with Crippen LogP contribution >= 0.6 is 0 Å². The van der Waals surface area contributed by atoms with Gasteiger partial charge in [0.05, 0.1) is 17.6 Å². The summed E-state index contributed by atoms with van der Waals surface area (Å²) < 4.78 is 8.26. The number of carbonyl (C=O) groups excluding carboxylic acids is 1. The summed E-state index contributed by atoms with van der Waals surface area (Å²) in [5.41, 5.74) is 2.43. The van der Waals surface area contributed by atoms with Crippen LogP contribution < -0.4 is 11.0 Å². The number of rotatable bonds is 5. The van der Waals surface area contributed by atoms with E-state index in [1.54, 1.807) is 30.0 Å². The Morgan fingerprint density at radius 2 is 2.00 bits per heavy atom. The first-order chi connectivity index (χ1) is 16.0. The van der Waals surface area contributed by atoms with Crippen molar-refractivity contribution >= 4 is 28.7 Å². The SMILES string of the molecule is COCCn1c(=NC(=O)C=Cc2ccccc2)c(C#N)cc2c(=O)n3cccc(C)c3nc21. The Labute approximate surface area is 189 Å². The lowest BCUT2D eigenvalue weighted by atomic mass is 10.2. The maximum Gasteiger partial charge on any atom is 0.271 e. The van der Waals surface area contributed by atoms with Gasteiger partial charge in [0, 0.05) is 25.9 Å². The monoisotopic (exact) mass is 439 g/mol. The Morgan fingerprint density at radius 1 is 1.21 bits per heavy atom. The summed E-state index contributed by atoms with van der Waals surface area (Å²) in [6.07, 6.45) is 4.63. The highest BCUT2D eigenvalue weighted by Gasteiger charge is 2.15. The zero-order valence-electron chi connectivity index (χ0n) is 18.2. The second-order valence-corrected chi connectivity index (χ2v) is 7.37. The number of nitriles is 1. The molecule has 4 aromatic rings. The summed E-state index contributed by atoms with van der Waals surface area (Å²) in [6.45, 7) is 2.39. The van der Waals surface area contributed by atoms with Gasteiger partial charge in [0.25, 0.3) is 11.5 Å². The van der Waals surface area contributed by atoms with Gasteiger partial charge < -0.3 is 9.30 Å². The quantitative estimate of drug-likeness (QED) is 0.351. The molecule has 0 N–H and O–H groups in total. The average molecular weight is 439 g/mol. The molecule has 0 saturated heterocycles. The lowest BCUT2D eigenvalue weighted by Crippen LogP contribution is -2.30. The van der Waals surface area contributed by atoms with E-state index in [9.17, 15) is 14.9 Å². The molecule has 0 bridgehead atoms. The van der Waals surface area contributed by atoms with Gasteiger partial charge in [-0.05, 0) is 36.3 Å². The van der Waals surface area contributed by atoms with Gasteiger partial charge in [-0.15, -0.1) is 0 Å². The van der Waals surface area contributed by atoms with Crippen LogP contribution in [0.5, 0.6) is 0 Å². The summed E-state index contributed by atoms with van der Waals surface area (Å²) in [5.74, 6) is -0.533. The van der Waals surface area contributed by atoms with Gasteiger partial charge in [-0.2, -0.15) is 10.3 Å². The molecule has 0 atom stereocenters. The molecule has 0 aliphatic rings. The van der Waals surface area contributed by atoms with Gasteiger partial charge >= 0.3 is 0 Å². The molecule has 1 amide bonds. The van der Waals surface area contributed by atoms with E-state index < -0.39 is 5.91 Å². The molecule has 33 heavy (non-hydrogen) atoms. The molecule has 0 fully saturated rings. The van der Waals surface area contributed by atoms with E-state index in [4.69, 9.17) is 9.72 Å². The third-order valence-corrected chi connectivity index (χ3v) is 5.18. The standard InChI is InChI=1S/C25H21N5O3/c1-17-7-6-12-30-22(17)28-24-20(25(30)32)15-19(16-26)23(29(24)13-14-33-2)27-21(31)11-10-18-8-4-3-5-9-18/h3-12,15H,13-14H2,1-2H3. The number of fused-ring (bicyclic) bond motifs is 2. The number of benzene rings is 1. The van der Waals surface area contributed by atoms with Crippen molar-refractivity contribution in [3.63, 3.8) is 0 Å². The second-order valence-electron chi connectivity index (χ2n) is 7.37. The van der Waals surface area contributed by atoms with Crippen molar-refractivity contribution in [3.05, 3.63) is 93.3 Å². The molecule has 0 spiro atoms. The smallest absolute Gasteiger partial charge is 0.271 e. The summed E-state index contributed by atoms with van der Waals surface area (Å²) >= 11 is 0. The number of nitrogens with zero attached hydrogens (tertiary/aromatic N) is 5. The molecule has 8 nitrogen and oxygen atoms in total. The fourth-order valence-electron chi connectivity index (χ4n) is 3.56. The molecule has 4 rings (SSSR count). The van der Waals surface area contributed by atoms with Crippen LogP contribution in [-0.4, -0.2) is 33.6 Å². The molecule has 0 radical (unpaired) electrons. The van der Waals surface area contributed by atoms with E-state index in [-0.39, 0.29) is 35.1 Å². The number of hydrogen-bond acceptors (Lipinski definition) is 5. The largest absolute Gasteiger partial charge is 0.383 e. The van der Waals surface area contributed by atoms with Crippen LogP contribution in [-0.2, 0) is 16.1 Å². The number of amides is 1. The van der Waals surface area contributed by atoms with Gasteiger partial charge in [-0.25, -0.2) is 4.98 Å². The molecule has 3 heterocycles. The highest BCUT2D eigenvalue weighted by molar-refractivity contribution is 5.92. The molecule has 0 unspecified atom stereocenters. The molecular weight excluding hydrogens is 418 g/mol. The zero-order chi connectivity index (χ0) is 23.4. The van der Waals surface area contributed by atoms with Gasteiger partial charge in [0.15, 0.2) is 5.49 Å². The number of pyridine rings is 2. The van der Waals surface area contributed by atoms with Crippen LogP contribution in [0, 0.1) is 18.3 Å². The minimum atomic E-state index is -0.533. The maximum absolute atomic E-state index is 13.2. The molecular formula is C25H21N5O3. The number of methoxy groups -OCH3 is 1. The number of aryl methyl sites for hydroxylation is 1. The molecule has 164 valence electrons. The highest BCUT2D eigenvalue weighted by Crippen LogP contribution is 2.12. The Hall–Kier alpha value is -4.35. The van der Waals surface area contributed by atoms with E-state index >= 15 is 0 Å². The Bertz CT molecular complexity index is 1560. The molecule has 0 saturated carbocycles. The van der Waals surface area contributed by atoms with Crippen LogP contribution in [0.3, 0.4) is 0 Å². The van der Waals surface area contributed by atoms with Gasteiger partial charge in [0.1, 0.15) is 17.4 Å². The predicted molar refractivity (Wildman–Crippen MR) is 124 cm³/mol. The van der Waals surface area contributed by atoms with E-state index in [0.717, 1.165) is 11.1 Å². The van der Waals surface area contributed by atoms with Crippen molar-refractivity contribution in [1.82, 2.24) is 14.0 Å². The Kier molecular flexibility index (Phi) is 6.24. The highest BCUT2D eigenvalue weighted by atomic mass is 16.5. The van der Waals surface area contributed by atoms with Gasteiger partial charge in [0.2, 0.25) is 0 Å². The van der Waals surface area contributed by atoms with Crippen LogP contribution in [0.4, 0.5) is 0 Å². The zero-order valence-corrected chi connectivity index (χ0v) is 18.2. The second kappa shape index (κ2) is 9.42. The minimum absolute atomic E-state index is 0.103. The summed E-state index contributed by atoms with van der Waals surface area (Å²) in [7, 11) is 1.54. The van der Waals surface area contributed by atoms with E-state index in [1.165, 1.54) is 16.5 Å². The van der Waals surface area contributed by atoms with E-state index in [0.29, 0.717) is 11.3 Å². The van der Waals surface area contributed by atoms with Crippen LogP contribution in [0.1, 0.15) is 16.7 Å². The molecule has 8 heteroatoms. The first-order valence-electron chi connectivity index (χ1n) is 10.3. The number of aromatic nitrogens is 3. The third kappa shape index (κ3) is 4.35. The van der Waals surface area contributed by atoms with Gasteiger partial charge in [-0.1, -0.05) is 36.4 Å². The molecule has 0 aliphatic carbocycles. The van der Waals surface area contributed by atoms with E-state index in [1.807, 2.05) is 43.3 Å². The maximum atomic E-state index is 13.2. The van der Waals surface area contributed by atoms with Gasteiger partial charge in [-0.3, -0.25) is 14.0 Å². The first kappa shape index (κ1) is 21.9. The molecule has 0 aliphatic heterocycles. The fraction of sp³-hybridized carbons (Fsp3) is 0.160. The van der Waals surface area contributed by atoms with Crippen molar-refractivity contribution in [3.8, 4) is 6.07 Å². The fourth-order valence-corrected chi connectivity index (χ4v) is 3.56. The van der Waals surface area contributed by atoms with Crippen molar-refractivity contribution in [2.45, 2.75) is 13.5 Å². The summed E-state index contributed by atoms with van der Waals surface area (Å²) in [4.78, 5) is 34.7. The van der Waals surface area contributed by atoms with Crippen molar-refractivity contribution in [2.24, 2.45) is 4.99 Å². The third-order valence-electron chi connectivity index (χ3n) is 5.18. The number of hydrogen-bond donors (Lipinski definition) is 0. The summed E-state index contributed by atoms with van der Waals surface area (Å²) in [5, 5.41) is 10.0. The number of ether oxygens (including phenoxy) is 1. The summed E-state index contributed by atoms with van der Waals surface area (Å²) in [6, 6.07) is 16.5. The predicted octanol–water partition coefficient (Wildman–Crippen LogP) is 2.62. The average Bonchev–Trinajstić information content (AvgIpc) is 2.83. The topological polar surface area (TPSA) is 102 Å². The van der Waals surface area contributed by atoms with Crippen LogP contribution in [0.2, 0.25) is 0 Å². The van der Waals surface area contributed by atoms with Crippen molar-refractivity contribution in [1.29, 1.82) is 5.26 Å². The lowest BCUT2D eigenvalue weighted by molar-refractivity contribution is -0.113. The Morgan fingerprint density at radius 3 is 2.73 bits per heavy atom. The molecule has 3 aromatic heterocycles. The molecule has 1 aromatic carbocycles. The van der Waals surface area contributed by atoms with Crippen LogP contribution in [0.25, 0.3) is 22.8 Å².